The van der Waals surface area contributed by atoms with E-state index in [9.17, 15) is 0 Å². The Morgan fingerprint density at radius 1 is 1.21 bits per heavy atom. The van der Waals surface area contributed by atoms with Crippen molar-refractivity contribution in [2.24, 2.45) is 0 Å². The summed E-state index contributed by atoms with van der Waals surface area (Å²) >= 11 is 0. The number of nitrogens with zero attached hydrogens (tertiary/aromatic N) is 4. The molecular weight excluding hydrogens is 238 g/mol. The Labute approximate surface area is 112 Å². The Morgan fingerprint density at radius 3 is 2.84 bits per heavy atom. The minimum atomic E-state index is 0.561. The van der Waals surface area contributed by atoms with E-state index in [1.54, 1.807) is 0 Å². The van der Waals surface area contributed by atoms with Gasteiger partial charge >= 0.3 is 0 Å². The predicted octanol–water partition coefficient (Wildman–Crippen LogP) is 1.10. The molecule has 2 fully saturated rings. The molecule has 0 spiro atoms. The van der Waals surface area contributed by atoms with Gasteiger partial charge in [-0.2, -0.15) is 4.98 Å². The highest BCUT2D eigenvalue weighted by atomic mass is 15.4. The molecule has 2 N–H and O–H groups in total. The molecule has 0 saturated carbocycles. The molecule has 2 atom stereocenters. The summed E-state index contributed by atoms with van der Waals surface area (Å²) in [5, 5.41) is 0.938. The summed E-state index contributed by atoms with van der Waals surface area (Å²) in [6, 6.07) is 9.15. The van der Waals surface area contributed by atoms with Crippen molar-refractivity contribution in [1.29, 1.82) is 0 Å². The van der Waals surface area contributed by atoms with Crippen molar-refractivity contribution < 1.29 is 0 Å². The zero-order chi connectivity index (χ0) is 13.0. The van der Waals surface area contributed by atoms with E-state index in [4.69, 9.17) is 5.73 Å². The standard InChI is InChI=1S/C14H17N5/c1-18-8-12-11(18)6-7-19(12)14-16-10-5-3-2-4-9(10)13(15)17-14/h2-5,11-12H,6-8H2,1H3,(H2,15,16,17). The highest BCUT2D eigenvalue weighted by Gasteiger charge is 2.45. The van der Waals surface area contributed by atoms with Crippen molar-refractivity contribution in [3.05, 3.63) is 24.3 Å². The van der Waals surface area contributed by atoms with Crippen LogP contribution in [0.2, 0.25) is 0 Å². The molecule has 19 heavy (non-hydrogen) atoms. The Hall–Kier alpha value is -1.88. The molecular formula is C14H17N5. The normalized spacial score (nSPS) is 26.5. The lowest BCUT2D eigenvalue weighted by atomic mass is 9.99. The summed E-state index contributed by atoms with van der Waals surface area (Å²) in [4.78, 5) is 13.9. The molecule has 0 amide bonds. The second kappa shape index (κ2) is 3.81. The zero-order valence-corrected chi connectivity index (χ0v) is 11.0. The molecule has 98 valence electrons. The van der Waals surface area contributed by atoms with Gasteiger partial charge in [-0.1, -0.05) is 12.1 Å². The summed E-state index contributed by atoms with van der Waals surface area (Å²) in [6.45, 7) is 2.12. The summed E-state index contributed by atoms with van der Waals surface area (Å²) < 4.78 is 0. The van der Waals surface area contributed by atoms with Crippen LogP contribution in [-0.4, -0.2) is 47.1 Å². The van der Waals surface area contributed by atoms with E-state index in [1.807, 2.05) is 24.3 Å². The van der Waals surface area contributed by atoms with E-state index >= 15 is 0 Å². The molecule has 0 radical (unpaired) electrons. The van der Waals surface area contributed by atoms with Crippen molar-refractivity contribution in [3.63, 3.8) is 0 Å². The fourth-order valence-corrected chi connectivity index (χ4v) is 3.33. The third-order valence-corrected chi connectivity index (χ3v) is 4.43. The van der Waals surface area contributed by atoms with Gasteiger partial charge in [0.15, 0.2) is 0 Å². The van der Waals surface area contributed by atoms with Crippen molar-refractivity contribution in [2.75, 3.05) is 30.8 Å². The van der Waals surface area contributed by atoms with E-state index in [1.165, 1.54) is 6.42 Å². The van der Waals surface area contributed by atoms with E-state index in [0.717, 1.165) is 29.9 Å². The van der Waals surface area contributed by atoms with Gasteiger partial charge in [-0.05, 0) is 25.6 Å². The zero-order valence-electron chi connectivity index (χ0n) is 11.0. The first-order valence-corrected chi connectivity index (χ1v) is 6.73. The quantitative estimate of drug-likeness (QED) is 0.827. The maximum atomic E-state index is 6.06. The van der Waals surface area contributed by atoms with Crippen LogP contribution in [0.15, 0.2) is 24.3 Å². The maximum absolute atomic E-state index is 6.06. The van der Waals surface area contributed by atoms with Crippen molar-refractivity contribution in [3.8, 4) is 0 Å². The van der Waals surface area contributed by atoms with E-state index < -0.39 is 0 Å². The molecule has 1 aromatic heterocycles. The highest BCUT2D eigenvalue weighted by Crippen LogP contribution is 2.34. The van der Waals surface area contributed by atoms with Crippen LogP contribution in [-0.2, 0) is 0 Å². The number of fused-ring (bicyclic) bond motifs is 2. The summed E-state index contributed by atoms with van der Waals surface area (Å²) in [7, 11) is 2.18. The van der Waals surface area contributed by atoms with Crippen molar-refractivity contribution in [1.82, 2.24) is 14.9 Å². The van der Waals surface area contributed by atoms with Crippen LogP contribution in [0.25, 0.3) is 10.9 Å². The van der Waals surface area contributed by atoms with Crippen LogP contribution in [0.4, 0.5) is 11.8 Å². The lowest BCUT2D eigenvalue weighted by Crippen LogP contribution is -2.60. The molecule has 2 unspecified atom stereocenters. The van der Waals surface area contributed by atoms with E-state index in [2.05, 4.69) is 26.8 Å². The molecule has 5 heteroatoms. The van der Waals surface area contributed by atoms with Gasteiger partial charge in [-0.25, -0.2) is 4.98 Å². The number of aromatic nitrogens is 2. The van der Waals surface area contributed by atoms with Gasteiger partial charge in [-0.3, -0.25) is 4.90 Å². The van der Waals surface area contributed by atoms with Crippen LogP contribution < -0.4 is 10.6 Å². The maximum Gasteiger partial charge on any atom is 0.228 e. The van der Waals surface area contributed by atoms with Crippen LogP contribution in [0, 0.1) is 0 Å². The molecule has 2 saturated heterocycles. The number of benzene rings is 1. The Kier molecular flexibility index (Phi) is 2.20. The second-order valence-electron chi connectivity index (χ2n) is 5.48. The highest BCUT2D eigenvalue weighted by molar-refractivity contribution is 5.88. The first kappa shape index (κ1) is 11.0. The molecule has 4 rings (SSSR count). The average molecular weight is 255 g/mol. The summed E-state index contributed by atoms with van der Waals surface area (Å²) in [6.07, 6.45) is 1.19. The van der Waals surface area contributed by atoms with E-state index in [0.29, 0.717) is 17.9 Å². The van der Waals surface area contributed by atoms with Gasteiger partial charge in [-0.15, -0.1) is 0 Å². The third-order valence-electron chi connectivity index (χ3n) is 4.43. The minimum absolute atomic E-state index is 0.561. The van der Waals surface area contributed by atoms with E-state index in [-0.39, 0.29) is 0 Å². The number of anilines is 2. The number of rotatable bonds is 1. The second-order valence-corrected chi connectivity index (χ2v) is 5.48. The number of para-hydroxylation sites is 1. The largest absolute Gasteiger partial charge is 0.383 e. The topological polar surface area (TPSA) is 58.3 Å². The monoisotopic (exact) mass is 255 g/mol. The van der Waals surface area contributed by atoms with Crippen LogP contribution in [0.5, 0.6) is 0 Å². The number of nitrogen functional groups attached to an aromatic ring is 1. The number of nitrogens with two attached hydrogens (primary N) is 1. The number of likely N-dealkylation sites (tertiary alicyclic amines) is 1. The number of hydrogen-bond donors (Lipinski definition) is 1. The van der Waals surface area contributed by atoms with Crippen molar-refractivity contribution >= 4 is 22.7 Å². The first-order valence-electron chi connectivity index (χ1n) is 6.73. The van der Waals surface area contributed by atoms with Gasteiger partial charge in [0.2, 0.25) is 5.95 Å². The minimum Gasteiger partial charge on any atom is -0.383 e. The smallest absolute Gasteiger partial charge is 0.228 e. The van der Waals surface area contributed by atoms with Crippen molar-refractivity contribution in [2.45, 2.75) is 18.5 Å². The molecule has 0 bridgehead atoms. The molecule has 1 aromatic carbocycles. The average Bonchev–Trinajstić information content (AvgIpc) is 2.76. The third kappa shape index (κ3) is 1.51. The Bertz CT molecular complexity index is 641. The fourth-order valence-electron chi connectivity index (χ4n) is 3.33. The van der Waals surface area contributed by atoms with Gasteiger partial charge in [0.25, 0.3) is 0 Å². The van der Waals surface area contributed by atoms with Gasteiger partial charge in [0.1, 0.15) is 5.82 Å². The first-order chi connectivity index (χ1) is 9.24. The summed E-state index contributed by atoms with van der Waals surface area (Å²) in [5.74, 6) is 1.37. The van der Waals surface area contributed by atoms with Gasteiger partial charge in [0, 0.05) is 24.5 Å². The lowest BCUT2D eigenvalue weighted by Gasteiger charge is -2.44. The van der Waals surface area contributed by atoms with Crippen LogP contribution >= 0.6 is 0 Å². The number of likely N-dealkylation sites (N-methyl/N-ethyl adjacent to an activating group) is 1. The molecule has 2 aromatic rings. The molecule has 2 aliphatic rings. The molecule has 2 aliphatic heterocycles. The summed E-state index contributed by atoms with van der Waals surface area (Å²) in [5.41, 5.74) is 6.99. The van der Waals surface area contributed by atoms with Crippen LogP contribution in [0.1, 0.15) is 6.42 Å². The van der Waals surface area contributed by atoms with Gasteiger partial charge < -0.3 is 10.6 Å². The molecule has 0 aliphatic carbocycles. The Balaban J connectivity index is 1.76. The predicted molar refractivity (Wildman–Crippen MR) is 76.1 cm³/mol. The Morgan fingerprint density at radius 2 is 2.05 bits per heavy atom. The SMILES string of the molecule is CN1CC2C1CCN2c1nc(N)c2ccccc2n1. The van der Waals surface area contributed by atoms with Gasteiger partial charge in [0.05, 0.1) is 11.6 Å². The van der Waals surface area contributed by atoms with Crippen LogP contribution in [0.3, 0.4) is 0 Å². The fraction of sp³-hybridized carbons (Fsp3) is 0.429. The lowest BCUT2D eigenvalue weighted by molar-refractivity contribution is 0.116. The molecule has 5 nitrogen and oxygen atoms in total. The number of hydrogen-bond acceptors (Lipinski definition) is 5. The molecule has 3 heterocycles.